The Morgan fingerprint density at radius 1 is 1.25 bits per heavy atom. The summed E-state index contributed by atoms with van der Waals surface area (Å²) in [5.41, 5.74) is 0. The van der Waals surface area contributed by atoms with E-state index in [1.165, 1.54) is 0 Å². The molecule has 0 amide bonds. The van der Waals surface area contributed by atoms with Gasteiger partial charge in [-0.25, -0.2) is 0 Å². The van der Waals surface area contributed by atoms with Crippen molar-refractivity contribution in [3.8, 4) is 0 Å². The van der Waals surface area contributed by atoms with Crippen molar-refractivity contribution in [2.75, 3.05) is 13.7 Å². The highest BCUT2D eigenvalue weighted by molar-refractivity contribution is 4.81. The van der Waals surface area contributed by atoms with Crippen molar-refractivity contribution in [3.05, 3.63) is 12.2 Å². The molecule has 0 aromatic carbocycles. The topological polar surface area (TPSA) is 18.5 Å². The van der Waals surface area contributed by atoms with E-state index in [0.717, 1.165) is 25.9 Å². The first-order valence-electron chi connectivity index (χ1n) is 4.64. The van der Waals surface area contributed by atoms with Crippen LogP contribution in [0.15, 0.2) is 12.2 Å². The van der Waals surface area contributed by atoms with Gasteiger partial charge in [-0.15, -0.1) is 0 Å². The van der Waals surface area contributed by atoms with Crippen LogP contribution in [0.2, 0.25) is 0 Å². The van der Waals surface area contributed by atoms with Gasteiger partial charge in [0.15, 0.2) is 6.29 Å². The van der Waals surface area contributed by atoms with Gasteiger partial charge in [-0.1, -0.05) is 26.0 Å². The van der Waals surface area contributed by atoms with Crippen LogP contribution >= 0.6 is 0 Å². The van der Waals surface area contributed by atoms with E-state index in [4.69, 9.17) is 9.47 Å². The second-order valence-corrected chi connectivity index (χ2v) is 2.65. The normalized spacial score (nSPS) is 13.9. The van der Waals surface area contributed by atoms with Gasteiger partial charge in [0.25, 0.3) is 0 Å². The fourth-order valence-corrected chi connectivity index (χ4v) is 0.856. The third-order valence-corrected chi connectivity index (χ3v) is 1.50. The molecular formula is C10H20O2. The molecular weight excluding hydrogens is 152 g/mol. The van der Waals surface area contributed by atoms with Crippen molar-refractivity contribution in [3.63, 3.8) is 0 Å². The Balaban J connectivity index is 3.45. The van der Waals surface area contributed by atoms with Gasteiger partial charge in [0.05, 0.1) is 0 Å². The summed E-state index contributed by atoms with van der Waals surface area (Å²) in [5, 5.41) is 0. The number of ether oxygens (including phenoxy) is 2. The predicted molar refractivity (Wildman–Crippen MR) is 51.1 cm³/mol. The third kappa shape index (κ3) is 6.38. The van der Waals surface area contributed by atoms with Gasteiger partial charge in [-0.3, -0.25) is 0 Å². The predicted octanol–water partition coefficient (Wildman–Crippen LogP) is 2.74. The third-order valence-electron chi connectivity index (χ3n) is 1.50. The van der Waals surface area contributed by atoms with Gasteiger partial charge in [0.1, 0.15) is 0 Å². The Hall–Kier alpha value is -0.340. The highest BCUT2D eigenvalue weighted by atomic mass is 16.7. The zero-order chi connectivity index (χ0) is 9.23. The Labute approximate surface area is 75.6 Å². The average Bonchev–Trinajstić information content (AvgIpc) is 2.11. The monoisotopic (exact) mass is 172 g/mol. The Bertz CT molecular complexity index is 110. The largest absolute Gasteiger partial charge is 0.356 e. The molecule has 2 heteroatoms. The fraction of sp³-hybridized carbons (Fsp3) is 0.800. The molecule has 0 fully saturated rings. The molecule has 12 heavy (non-hydrogen) atoms. The van der Waals surface area contributed by atoms with E-state index in [1.54, 1.807) is 7.11 Å². The van der Waals surface area contributed by atoms with Crippen molar-refractivity contribution < 1.29 is 9.47 Å². The van der Waals surface area contributed by atoms with Gasteiger partial charge in [-0.05, 0) is 12.8 Å². The van der Waals surface area contributed by atoms with Gasteiger partial charge in [0.2, 0.25) is 0 Å². The van der Waals surface area contributed by atoms with Crippen molar-refractivity contribution >= 4 is 0 Å². The molecule has 0 rings (SSSR count). The van der Waals surface area contributed by atoms with Crippen molar-refractivity contribution in [1.29, 1.82) is 0 Å². The van der Waals surface area contributed by atoms with Gasteiger partial charge in [0, 0.05) is 20.1 Å². The maximum atomic E-state index is 5.41. The number of allylic oxidation sites excluding steroid dienone is 1. The second-order valence-electron chi connectivity index (χ2n) is 2.65. The Morgan fingerprint density at radius 2 is 2.00 bits per heavy atom. The molecule has 0 heterocycles. The zero-order valence-corrected chi connectivity index (χ0v) is 8.38. The molecule has 1 unspecified atom stereocenters. The highest BCUT2D eigenvalue weighted by Crippen LogP contribution is 2.01. The smallest absolute Gasteiger partial charge is 0.160 e. The SMILES string of the molecule is CCC=CCC(OC)OCCC. The summed E-state index contributed by atoms with van der Waals surface area (Å²) >= 11 is 0. The van der Waals surface area contributed by atoms with Gasteiger partial charge >= 0.3 is 0 Å². The van der Waals surface area contributed by atoms with Gasteiger partial charge in [-0.2, -0.15) is 0 Å². The molecule has 0 aliphatic heterocycles. The first kappa shape index (κ1) is 11.7. The molecule has 0 saturated heterocycles. The van der Waals surface area contributed by atoms with E-state index in [9.17, 15) is 0 Å². The Kier molecular flexibility index (Phi) is 8.51. The molecule has 0 aliphatic carbocycles. The lowest BCUT2D eigenvalue weighted by atomic mass is 10.3. The number of hydrogen-bond donors (Lipinski definition) is 0. The number of rotatable bonds is 7. The van der Waals surface area contributed by atoms with Crippen LogP contribution in [0.4, 0.5) is 0 Å². The summed E-state index contributed by atoms with van der Waals surface area (Å²) in [5.74, 6) is 0. The van der Waals surface area contributed by atoms with Crippen LogP contribution in [0, 0.1) is 0 Å². The quantitative estimate of drug-likeness (QED) is 0.434. The standard InChI is InChI=1S/C10H20O2/c1-4-6-7-8-10(11-3)12-9-5-2/h6-7,10H,4-5,8-9H2,1-3H3. The summed E-state index contributed by atoms with van der Waals surface area (Å²) in [7, 11) is 1.68. The van der Waals surface area contributed by atoms with Gasteiger partial charge < -0.3 is 9.47 Å². The minimum Gasteiger partial charge on any atom is -0.356 e. The van der Waals surface area contributed by atoms with E-state index in [2.05, 4.69) is 26.0 Å². The van der Waals surface area contributed by atoms with Crippen LogP contribution in [0.1, 0.15) is 33.1 Å². The molecule has 0 saturated carbocycles. The van der Waals surface area contributed by atoms with Crippen LogP contribution in [0.3, 0.4) is 0 Å². The molecule has 72 valence electrons. The first-order chi connectivity index (χ1) is 5.85. The van der Waals surface area contributed by atoms with E-state index in [1.807, 2.05) is 0 Å². The van der Waals surface area contributed by atoms with Crippen molar-refractivity contribution in [1.82, 2.24) is 0 Å². The number of methoxy groups -OCH3 is 1. The molecule has 0 bridgehead atoms. The van der Waals surface area contributed by atoms with Crippen LogP contribution in [0.5, 0.6) is 0 Å². The molecule has 0 aromatic heterocycles. The summed E-state index contributed by atoms with van der Waals surface area (Å²) in [4.78, 5) is 0. The molecule has 0 radical (unpaired) electrons. The summed E-state index contributed by atoms with van der Waals surface area (Å²) < 4.78 is 10.5. The molecule has 0 N–H and O–H groups in total. The molecule has 0 aliphatic rings. The van der Waals surface area contributed by atoms with Crippen LogP contribution < -0.4 is 0 Å². The highest BCUT2D eigenvalue weighted by Gasteiger charge is 2.02. The zero-order valence-electron chi connectivity index (χ0n) is 8.38. The average molecular weight is 172 g/mol. The van der Waals surface area contributed by atoms with Crippen molar-refractivity contribution in [2.24, 2.45) is 0 Å². The second kappa shape index (κ2) is 8.75. The summed E-state index contributed by atoms with van der Waals surface area (Å²) in [6.07, 6.45) is 7.13. The summed E-state index contributed by atoms with van der Waals surface area (Å²) in [6, 6.07) is 0. The lowest BCUT2D eigenvalue weighted by Crippen LogP contribution is -2.14. The molecule has 0 aromatic rings. The van der Waals surface area contributed by atoms with E-state index >= 15 is 0 Å². The minimum atomic E-state index is -0.0623. The number of hydrogen-bond acceptors (Lipinski definition) is 2. The molecule has 1 atom stereocenters. The van der Waals surface area contributed by atoms with Crippen molar-refractivity contribution in [2.45, 2.75) is 39.4 Å². The van der Waals surface area contributed by atoms with Crippen LogP contribution in [0.25, 0.3) is 0 Å². The maximum Gasteiger partial charge on any atom is 0.160 e. The lowest BCUT2D eigenvalue weighted by Gasteiger charge is -2.13. The first-order valence-corrected chi connectivity index (χ1v) is 4.64. The van der Waals surface area contributed by atoms with Crippen LogP contribution in [-0.4, -0.2) is 20.0 Å². The Morgan fingerprint density at radius 3 is 2.50 bits per heavy atom. The van der Waals surface area contributed by atoms with Crippen LogP contribution in [-0.2, 0) is 9.47 Å². The van der Waals surface area contributed by atoms with E-state index < -0.39 is 0 Å². The van der Waals surface area contributed by atoms with E-state index in [0.29, 0.717) is 0 Å². The minimum absolute atomic E-state index is 0.0623. The summed E-state index contributed by atoms with van der Waals surface area (Å²) in [6.45, 7) is 4.98. The molecule has 2 nitrogen and oxygen atoms in total. The van der Waals surface area contributed by atoms with E-state index in [-0.39, 0.29) is 6.29 Å². The fourth-order valence-electron chi connectivity index (χ4n) is 0.856. The lowest BCUT2D eigenvalue weighted by molar-refractivity contribution is -0.120. The maximum absolute atomic E-state index is 5.41. The molecule has 0 spiro atoms.